The molecule has 5 nitrogen and oxygen atoms in total. The van der Waals surface area contributed by atoms with Gasteiger partial charge in [-0.2, -0.15) is 0 Å². The average Bonchev–Trinajstić information content (AvgIpc) is 2.64. The summed E-state index contributed by atoms with van der Waals surface area (Å²) in [5, 5.41) is 2.84. The van der Waals surface area contributed by atoms with Gasteiger partial charge < -0.3 is 15.0 Å². The molecule has 0 saturated heterocycles. The second-order valence-electron chi connectivity index (χ2n) is 6.16. The third kappa shape index (κ3) is 6.73. The van der Waals surface area contributed by atoms with Crippen molar-refractivity contribution in [1.29, 1.82) is 0 Å². The Hall–Kier alpha value is -2.89. The van der Waals surface area contributed by atoms with Gasteiger partial charge in [0.1, 0.15) is 0 Å². The van der Waals surface area contributed by atoms with Crippen molar-refractivity contribution < 1.29 is 18.7 Å². The third-order valence-corrected chi connectivity index (χ3v) is 4.05. The highest BCUT2D eigenvalue weighted by atomic mass is 19.1. The highest BCUT2D eigenvalue weighted by molar-refractivity contribution is 5.90. The Labute approximate surface area is 159 Å². The molecule has 6 heteroatoms. The zero-order chi connectivity index (χ0) is 19.6. The smallest absolute Gasteiger partial charge is 0.224 e. The van der Waals surface area contributed by atoms with Crippen LogP contribution in [0, 0.1) is 5.82 Å². The highest BCUT2D eigenvalue weighted by Crippen LogP contribution is 2.16. The number of nitrogens with one attached hydrogen (secondary N) is 1. The lowest BCUT2D eigenvalue weighted by Gasteiger charge is -2.19. The van der Waals surface area contributed by atoms with Crippen LogP contribution in [0.2, 0.25) is 0 Å². The summed E-state index contributed by atoms with van der Waals surface area (Å²) >= 11 is 0. The van der Waals surface area contributed by atoms with E-state index in [9.17, 15) is 14.0 Å². The van der Waals surface area contributed by atoms with Gasteiger partial charge in [-0.05, 0) is 43.2 Å². The van der Waals surface area contributed by atoms with E-state index >= 15 is 0 Å². The highest BCUT2D eigenvalue weighted by Gasteiger charge is 2.08. The van der Waals surface area contributed by atoms with Gasteiger partial charge in [0.25, 0.3) is 0 Å². The Morgan fingerprint density at radius 1 is 1.15 bits per heavy atom. The predicted octanol–water partition coefficient (Wildman–Crippen LogP) is 3.99. The zero-order valence-electron chi connectivity index (χ0n) is 15.7. The lowest BCUT2D eigenvalue weighted by atomic mass is 10.1. The van der Waals surface area contributed by atoms with Gasteiger partial charge in [-0.1, -0.05) is 24.3 Å². The van der Waals surface area contributed by atoms with Crippen molar-refractivity contribution in [3.8, 4) is 5.75 Å². The molecule has 2 aromatic carbocycles. The summed E-state index contributed by atoms with van der Waals surface area (Å²) in [6.45, 7) is 4.87. The number of hydrogen-bond donors (Lipinski definition) is 1. The zero-order valence-corrected chi connectivity index (χ0v) is 15.7. The van der Waals surface area contributed by atoms with Crippen LogP contribution in [0.5, 0.6) is 5.75 Å². The SMILES string of the molecule is CCN(Cc1cccc(NC(=O)CCCOc2ccccc2F)c1)C(C)=O. The van der Waals surface area contributed by atoms with Crippen LogP contribution in [0.3, 0.4) is 0 Å². The molecule has 0 aliphatic rings. The van der Waals surface area contributed by atoms with E-state index in [0.29, 0.717) is 25.2 Å². The van der Waals surface area contributed by atoms with Gasteiger partial charge in [0, 0.05) is 32.1 Å². The minimum atomic E-state index is -0.412. The maximum Gasteiger partial charge on any atom is 0.224 e. The molecule has 2 amide bonds. The van der Waals surface area contributed by atoms with E-state index in [4.69, 9.17) is 4.74 Å². The van der Waals surface area contributed by atoms with Crippen LogP contribution in [0.15, 0.2) is 48.5 Å². The molecule has 0 aliphatic heterocycles. The number of para-hydroxylation sites is 1. The number of benzene rings is 2. The Morgan fingerprint density at radius 2 is 1.93 bits per heavy atom. The number of anilines is 1. The molecule has 0 saturated carbocycles. The normalized spacial score (nSPS) is 10.3. The third-order valence-electron chi connectivity index (χ3n) is 4.05. The Morgan fingerprint density at radius 3 is 2.63 bits per heavy atom. The monoisotopic (exact) mass is 372 g/mol. The lowest BCUT2D eigenvalue weighted by molar-refractivity contribution is -0.129. The van der Waals surface area contributed by atoms with E-state index in [2.05, 4.69) is 5.32 Å². The molecule has 144 valence electrons. The van der Waals surface area contributed by atoms with Crippen LogP contribution in [0.1, 0.15) is 32.3 Å². The molecule has 0 heterocycles. The molecule has 2 rings (SSSR count). The summed E-state index contributed by atoms with van der Waals surface area (Å²) in [5.41, 5.74) is 1.64. The van der Waals surface area contributed by atoms with Gasteiger partial charge in [0.05, 0.1) is 6.61 Å². The maximum atomic E-state index is 13.4. The van der Waals surface area contributed by atoms with Gasteiger partial charge in [0.15, 0.2) is 11.6 Å². The van der Waals surface area contributed by atoms with Gasteiger partial charge in [-0.3, -0.25) is 9.59 Å². The standard InChI is InChI=1S/C21H25FN2O3/c1-3-24(16(2)25)15-17-8-6-9-18(14-17)23-21(26)12-7-13-27-20-11-5-4-10-19(20)22/h4-6,8-11,14H,3,7,12-13,15H2,1-2H3,(H,23,26). The topological polar surface area (TPSA) is 58.6 Å². The maximum absolute atomic E-state index is 13.4. The van der Waals surface area contributed by atoms with E-state index < -0.39 is 5.82 Å². The molecule has 0 fully saturated rings. The van der Waals surface area contributed by atoms with Crippen molar-refractivity contribution >= 4 is 17.5 Å². The van der Waals surface area contributed by atoms with Crippen molar-refractivity contribution in [1.82, 2.24) is 4.90 Å². The number of carbonyl (C=O) groups excluding carboxylic acids is 2. The first-order valence-corrected chi connectivity index (χ1v) is 9.01. The van der Waals surface area contributed by atoms with Crippen molar-refractivity contribution in [2.75, 3.05) is 18.5 Å². The molecule has 0 aliphatic carbocycles. The summed E-state index contributed by atoms with van der Waals surface area (Å²) in [6, 6.07) is 13.6. The molecule has 2 aromatic rings. The first-order chi connectivity index (χ1) is 13.0. The predicted molar refractivity (Wildman–Crippen MR) is 103 cm³/mol. The van der Waals surface area contributed by atoms with Crippen LogP contribution in [-0.2, 0) is 16.1 Å². The van der Waals surface area contributed by atoms with E-state index in [1.54, 1.807) is 36.1 Å². The molecule has 0 bridgehead atoms. The number of nitrogens with zero attached hydrogens (tertiary/aromatic N) is 1. The molecule has 0 aromatic heterocycles. The van der Waals surface area contributed by atoms with E-state index in [1.807, 2.05) is 25.1 Å². The van der Waals surface area contributed by atoms with E-state index in [0.717, 1.165) is 5.56 Å². The minimum Gasteiger partial charge on any atom is -0.491 e. The fourth-order valence-corrected chi connectivity index (χ4v) is 2.61. The van der Waals surface area contributed by atoms with Crippen LogP contribution in [-0.4, -0.2) is 29.9 Å². The average molecular weight is 372 g/mol. The first kappa shape index (κ1) is 20.4. The van der Waals surface area contributed by atoms with Gasteiger partial charge in [-0.15, -0.1) is 0 Å². The Balaban J connectivity index is 1.79. The molecular formula is C21H25FN2O3. The van der Waals surface area contributed by atoms with E-state index in [1.165, 1.54) is 6.07 Å². The molecule has 0 atom stereocenters. The van der Waals surface area contributed by atoms with Crippen LogP contribution in [0.25, 0.3) is 0 Å². The number of amides is 2. The second-order valence-corrected chi connectivity index (χ2v) is 6.16. The van der Waals surface area contributed by atoms with Crippen LogP contribution in [0.4, 0.5) is 10.1 Å². The van der Waals surface area contributed by atoms with Crippen LogP contribution < -0.4 is 10.1 Å². The second kappa shape index (κ2) is 10.3. The summed E-state index contributed by atoms with van der Waals surface area (Å²) in [5.74, 6) is -0.341. The van der Waals surface area contributed by atoms with Crippen molar-refractivity contribution in [2.45, 2.75) is 33.2 Å². The van der Waals surface area contributed by atoms with Gasteiger partial charge >= 0.3 is 0 Å². The Kier molecular flexibility index (Phi) is 7.79. The largest absolute Gasteiger partial charge is 0.491 e. The lowest BCUT2D eigenvalue weighted by Crippen LogP contribution is -2.27. The molecule has 0 spiro atoms. The Bertz CT molecular complexity index is 780. The number of halogens is 1. The van der Waals surface area contributed by atoms with Crippen molar-refractivity contribution in [3.05, 3.63) is 59.9 Å². The number of carbonyl (C=O) groups is 2. The summed E-state index contributed by atoms with van der Waals surface area (Å²) in [7, 11) is 0. The summed E-state index contributed by atoms with van der Waals surface area (Å²) < 4.78 is 18.8. The summed E-state index contributed by atoms with van der Waals surface area (Å²) in [4.78, 5) is 25.3. The fraction of sp³-hybridized carbons (Fsp3) is 0.333. The molecule has 0 radical (unpaired) electrons. The van der Waals surface area contributed by atoms with Crippen LogP contribution >= 0.6 is 0 Å². The summed E-state index contributed by atoms with van der Waals surface area (Å²) in [6.07, 6.45) is 0.751. The van der Waals surface area contributed by atoms with Gasteiger partial charge in [-0.25, -0.2) is 4.39 Å². The molecule has 0 unspecified atom stereocenters. The van der Waals surface area contributed by atoms with Crippen molar-refractivity contribution in [2.24, 2.45) is 0 Å². The molecule has 1 N–H and O–H groups in total. The number of rotatable bonds is 9. The van der Waals surface area contributed by atoms with Crippen molar-refractivity contribution in [3.63, 3.8) is 0 Å². The van der Waals surface area contributed by atoms with Gasteiger partial charge in [0.2, 0.25) is 11.8 Å². The van der Waals surface area contributed by atoms with E-state index in [-0.39, 0.29) is 30.6 Å². The first-order valence-electron chi connectivity index (χ1n) is 9.01. The molecular weight excluding hydrogens is 347 g/mol. The quantitative estimate of drug-likeness (QED) is 0.677. The number of ether oxygens (including phenoxy) is 1. The molecule has 27 heavy (non-hydrogen) atoms. The fourth-order valence-electron chi connectivity index (χ4n) is 2.61. The number of hydrogen-bond acceptors (Lipinski definition) is 3. The minimum absolute atomic E-state index is 0.0155.